The smallest absolute Gasteiger partial charge is 0.250 e. The Morgan fingerprint density at radius 1 is 1.40 bits per heavy atom. The summed E-state index contributed by atoms with van der Waals surface area (Å²) in [5.74, 6) is 1.92. The maximum absolute atomic E-state index is 12.2. The summed E-state index contributed by atoms with van der Waals surface area (Å²) in [4.78, 5) is 0. The van der Waals surface area contributed by atoms with Crippen molar-refractivity contribution in [2.24, 2.45) is 11.8 Å². The molecule has 2 atom stereocenters. The van der Waals surface area contributed by atoms with Crippen LogP contribution in [0.1, 0.15) is 44.3 Å². The molecule has 0 amide bonds. The van der Waals surface area contributed by atoms with E-state index in [1.54, 1.807) is 0 Å². The topological polar surface area (TPSA) is 29.9 Å². The fraction of sp³-hybridized carbons (Fsp3) is 0.786. The van der Waals surface area contributed by atoms with Crippen LogP contribution in [0, 0.1) is 15.5 Å². The Kier molecular flexibility index (Phi) is 4.05. The van der Waals surface area contributed by atoms with E-state index in [4.69, 9.17) is 0 Å². The largest absolute Gasteiger partial charge is 0.309 e. The third-order valence-corrected chi connectivity index (χ3v) is 5.10. The van der Waals surface area contributed by atoms with Gasteiger partial charge in [0.15, 0.2) is 0 Å². The number of aromatic nitrogens is 2. The summed E-state index contributed by atoms with van der Waals surface area (Å²) in [6.45, 7) is 4.13. The van der Waals surface area contributed by atoms with Crippen LogP contribution in [0.4, 0.5) is 8.78 Å². The highest BCUT2D eigenvalue weighted by Crippen LogP contribution is 2.63. The molecule has 1 heterocycles. The molecule has 0 bridgehead atoms. The number of rotatable bonds is 5. The Hall–Kier alpha value is -0.240. The van der Waals surface area contributed by atoms with Gasteiger partial charge < -0.3 is 5.32 Å². The molecule has 112 valence electrons. The minimum Gasteiger partial charge on any atom is -0.309 e. The second-order valence-corrected chi connectivity index (χ2v) is 7.36. The highest BCUT2D eigenvalue weighted by molar-refractivity contribution is 14.1. The van der Waals surface area contributed by atoms with Crippen LogP contribution in [0.2, 0.25) is 0 Å². The van der Waals surface area contributed by atoms with Crippen molar-refractivity contribution in [1.82, 2.24) is 15.1 Å². The van der Waals surface area contributed by atoms with E-state index < -0.39 is 6.43 Å². The molecule has 2 aliphatic carbocycles. The van der Waals surface area contributed by atoms with Crippen LogP contribution >= 0.6 is 22.6 Å². The summed E-state index contributed by atoms with van der Waals surface area (Å²) in [5.41, 5.74) is 1.34. The highest BCUT2D eigenvalue weighted by atomic mass is 127. The van der Waals surface area contributed by atoms with Gasteiger partial charge in [0, 0.05) is 23.7 Å². The molecule has 0 radical (unpaired) electrons. The van der Waals surface area contributed by atoms with Gasteiger partial charge in [-0.2, -0.15) is 5.10 Å². The number of nitrogens with one attached hydrogen (secondary N) is 1. The summed E-state index contributed by atoms with van der Waals surface area (Å²) < 4.78 is 27.6. The molecule has 20 heavy (non-hydrogen) atoms. The van der Waals surface area contributed by atoms with E-state index in [1.165, 1.54) is 5.69 Å². The monoisotopic (exact) mass is 395 g/mol. The van der Waals surface area contributed by atoms with Crippen LogP contribution < -0.4 is 5.32 Å². The molecule has 2 aliphatic rings. The molecule has 2 saturated carbocycles. The number of hydrogen-bond acceptors (Lipinski definition) is 2. The number of fused-ring (bicyclic) bond motifs is 1. The first kappa shape index (κ1) is 14.7. The van der Waals surface area contributed by atoms with Gasteiger partial charge in [0.05, 0.1) is 6.54 Å². The Balaban J connectivity index is 1.62. The molecule has 0 aromatic carbocycles. The van der Waals surface area contributed by atoms with Gasteiger partial charge in [-0.05, 0) is 67.2 Å². The first-order valence-electron chi connectivity index (χ1n) is 7.24. The summed E-state index contributed by atoms with van der Waals surface area (Å²) in [6.07, 6.45) is -0.184. The van der Waals surface area contributed by atoms with Gasteiger partial charge >= 0.3 is 0 Å². The number of nitrogens with zero attached hydrogens (tertiary/aromatic N) is 2. The van der Waals surface area contributed by atoms with Crippen LogP contribution in [0.25, 0.3) is 0 Å². The average Bonchev–Trinajstić information content (AvgIpc) is 2.76. The molecular weight excluding hydrogens is 375 g/mol. The van der Waals surface area contributed by atoms with Crippen molar-refractivity contribution in [3.8, 4) is 0 Å². The van der Waals surface area contributed by atoms with E-state index in [0.29, 0.717) is 23.8 Å². The maximum atomic E-state index is 12.2. The third kappa shape index (κ3) is 2.73. The Morgan fingerprint density at radius 3 is 2.60 bits per heavy atom. The third-order valence-electron chi connectivity index (χ3n) is 4.57. The normalized spacial score (nSPS) is 32.1. The van der Waals surface area contributed by atoms with Crippen LogP contribution in [0.5, 0.6) is 0 Å². The molecule has 6 heteroatoms. The van der Waals surface area contributed by atoms with E-state index in [1.807, 2.05) is 0 Å². The second-order valence-electron chi connectivity index (χ2n) is 6.25. The van der Waals surface area contributed by atoms with E-state index >= 15 is 0 Å². The summed E-state index contributed by atoms with van der Waals surface area (Å²) in [6, 6.07) is 2.85. The second kappa shape index (κ2) is 5.51. The first-order valence-corrected chi connectivity index (χ1v) is 8.31. The predicted octanol–water partition coefficient (Wildman–Crippen LogP) is 3.42. The minimum absolute atomic E-state index is 0.170. The van der Waals surface area contributed by atoms with Crippen molar-refractivity contribution >= 4 is 22.6 Å². The van der Waals surface area contributed by atoms with Crippen molar-refractivity contribution in [1.29, 1.82) is 0 Å². The molecule has 3 rings (SSSR count). The van der Waals surface area contributed by atoms with Crippen LogP contribution in [-0.4, -0.2) is 28.8 Å². The fourth-order valence-corrected chi connectivity index (χ4v) is 4.29. The molecule has 3 nitrogen and oxygen atoms in total. The lowest BCUT2D eigenvalue weighted by Gasteiger charge is -2.17. The van der Waals surface area contributed by atoms with Gasteiger partial charge in [-0.3, -0.25) is 4.68 Å². The van der Waals surface area contributed by atoms with Gasteiger partial charge in [-0.1, -0.05) is 0 Å². The first-order chi connectivity index (χ1) is 9.47. The zero-order valence-corrected chi connectivity index (χ0v) is 13.8. The SMILES string of the molecule is CC(C)n1nc(I)cc1C1C2CC(NCC(F)F)CC21. The Labute approximate surface area is 131 Å². The van der Waals surface area contributed by atoms with E-state index in [-0.39, 0.29) is 12.6 Å². The maximum Gasteiger partial charge on any atom is 0.250 e. The van der Waals surface area contributed by atoms with Gasteiger partial charge in [0.25, 0.3) is 6.43 Å². The molecule has 1 aromatic rings. The number of alkyl halides is 2. The van der Waals surface area contributed by atoms with Gasteiger partial charge in [0.2, 0.25) is 0 Å². The lowest BCUT2D eigenvalue weighted by atomic mass is 10.0. The molecular formula is C14H20F2IN3. The van der Waals surface area contributed by atoms with Gasteiger partial charge in [0.1, 0.15) is 3.70 Å². The zero-order valence-electron chi connectivity index (χ0n) is 11.7. The van der Waals surface area contributed by atoms with E-state index in [2.05, 4.69) is 57.6 Å². The number of hydrogen-bond donors (Lipinski definition) is 1. The zero-order chi connectivity index (χ0) is 14.4. The molecule has 2 unspecified atom stereocenters. The standard InChI is InChI=1S/C14H20F2IN3/c1-7(2)20-11(5-13(17)19-20)14-9-3-8(4-10(9)14)18-6-12(15)16/h5,7-10,12,14,18H,3-4,6H2,1-2H3. The Morgan fingerprint density at radius 2 is 2.05 bits per heavy atom. The fourth-order valence-electron chi connectivity index (χ4n) is 3.74. The van der Waals surface area contributed by atoms with E-state index in [9.17, 15) is 8.78 Å². The molecule has 2 fully saturated rings. The van der Waals surface area contributed by atoms with Crippen LogP contribution in [0.3, 0.4) is 0 Å². The van der Waals surface area contributed by atoms with Crippen molar-refractivity contribution in [2.75, 3.05) is 6.54 Å². The van der Waals surface area contributed by atoms with Gasteiger partial charge in [-0.15, -0.1) is 0 Å². The molecule has 1 aromatic heterocycles. The van der Waals surface area contributed by atoms with E-state index in [0.717, 1.165) is 16.5 Å². The van der Waals surface area contributed by atoms with Crippen molar-refractivity contribution < 1.29 is 8.78 Å². The predicted molar refractivity (Wildman–Crippen MR) is 82.1 cm³/mol. The lowest BCUT2D eigenvalue weighted by molar-refractivity contribution is 0.140. The molecule has 1 N–H and O–H groups in total. The molecule has 0 spiro atoms. The van der Waals surface area contributed by atoms with Crippen molar-refractivity contribution in [3.63, 3.8) is 0 Å². The highest BCUT2D eigenvalue weighted by Gasteiger charge is 2.57. The summed E-state index contributed by atoms with van der Waals surface area (Å²) in [5, 5.41) is 7.55. The Bertz CT molecular complexity index is 477. The van der Waals surface area contributed by atoms with Gasteiger partial charge in [-0.25, -0.2) is 8.78 Å². The quantitative estimate of drug-likeness (QED) is 0.775. The summed E-state index contributed by atoms with van der Waals surface area (Å²) in [7, 11) is 0. The van der Waals surface area contributed by atoms with Crippen LogP contribution in [-0.2, 0) is 0 Å². The van der Waals surface area contributed by atoms with Crippen molar-refractivity contribution in [3.05, 3.63) is 15.5 Å². The molecule has 0 saturated heterocycles. The number of halogens is 3. The minimum atomic E-state index is -2.24. The average molecular weight is 395 g/mol. The van der Waals surface area contributed by atoms with Crippen molar-refractivity contribution in [2.45, 2.75) is 51.1 Å². The van der Waals surface area contributed by atoms with Crippen LogP contribution in [0.15, 0.2) is 6.07 Å². The molecule has 0 aliphatic heterocycles. The lowest BCUT2D eigenvalue weighted by Crippen LogP contribution is -2.32. The summed E-state index contributed by atoms with van der Waals surface area (Å²) >= 11 is 2.26.